The van der Waals surface area contributed by atoms with Crippen molar-refractivity contribution in [2.45, 2.75) is 13.5 Å². The summed E-state index contributed by atoms with van der Waals surface area (Å²) < 4.78 is 30.3. The van der Waals surface area contributed by atoms with Crippen LogP contribution in [0.25, 0.3) is 16.7 Å². The zero-order valence-electron chi connectivity index (χ0n) is 21.1. The zero-order chi connectivity index (χ0) is 27.8. The Balaban J connectivity index is 1.88. The highest BCUT2D eigenvalue weighted by Gasteiger charge is 2.24. The van der Waals surface area contributed by atoms with E-state index in [1.54, 1.807) is 49.5 Å². The van der Waals surface area contributed by atoms with Crippen LogP contribution in [0, 0.1) is 16.3 Å². The monoisotopic (exact) mass is 640 g/mol. The number of fused-ring (bicyclic) bond motifs is 1. The lowest BCUT2D eigenvalue weighted by Crippen LogP contribution is -2.42. The first-order chi connectivity index (χ1) is 18.7. The number of pyridine rings is 2. The first-order valence-electron chi connectivity index (χ1n) is 11.8. The maximum Gasteiger partial charge on any atom is 0.337 e. The number of halogens is 2. The van der Waals surface area contributed by atoms with Gasteiger partial charge in [-0.3, -0.25) is 23.7 Å². The number of aryl methyl sites for hydroxylation is 2. The lowest BCUT2D eigenvalue weighted by Gasteiger charge is -2.19. The topological polar surface area (TPSA) is 97.3 Å². The molecule has 0 aliphatic rings. The van der Waals surface area contributed by atoms with E-state index in [0.29, 0.717) is 20.6 Å². The van der Waals surface area contributed by atoms with Crippen LogP contribution in [0.5, 0.6) is 17.2 Å². The Morgan fingerprint density at radius 1 is 1.00 bits per heavy atom. The molecule has 3 heterocycles. The standard InChI is InChI=1S/C28H22FIN4O5/c1-16-10-11-31-14-23(16)39-22-13-24(35)32(2)26-25(22)27(36)33(15-17-4-7-19(38-3)8-5-17)28(37)34(26)21-9-6-18(30)12-20(21)29/h4-14H,15H2,1-3H3. The van der Waals surface area contributed by atoms with Crippen LogP contribution < -0.4 is 26.3 Å². The van der Waals surface area contributed by atoms with Gasteiger partial charge in [-0.2, -0.15) is 0 Å². The molecule has 5 rings (SSSR count). The van der Waals surface area contributed by atoms with Gasteiger partial charge in [0, 0.05) is 22.9 Å². The summed E-state index contributed by atoms with van der Waals surface area (Å²) in [6, 6.07) is 14.1. The number of ether oxygens (including phenoxy) is 2. The second kappa shape index (κ2) is 10.5. The van der Waals surface area contributed by atoms with Crippen LogP contribution in [0.3, 0.4) is 0 Å². The molecule has 0 amide bonds. The summed E-state index contributed by atoms with van der Waals surface area (Å²) in [5.41, 5.74) is -0.911. The lowest BCUT2D eigenvalue weighted by molar-refractivity contribution is 0.414. The number of nitrogens with zero attached hydrogens (tertiary/aromatic N) is 4. The van der Waals surface area contributed by atoms with Gasteiger partial charge in [-0.25, -0.2) is 13.8 Å². The van der Waals surface area contributed by atoms with Gasteiger partial charge in [0.25, 0.3) is 11.1 Å². The van der Waals surface area contributed by atoms with Crippen molar-refractivity contribution in [3.05, 3.63) is 119 Å². The molecule has 0 N–H and O–H groups in total. The fraction of sp³-hybridized carbons (Fsp3) is 0.143. The lowest BCUT2D eigenvalue weighted by atomic mass is 10.2. The largest absolute Gasteiger partial charge is 0.497 e. The summed E-state index contributed by atoms with van der Waals surface area (Å²) in [6.07, 6.45) is 3.05. The molecule has 2 aromatic carbocycles. The van der Waals surface area contributed by atoms with Gasteiger partial charge in [0.05, 0.1) is 25.5 Å². The summed E-state index contributed by atoms with van der Waals surface area (Å²) >= 11 is 1.96. The molecular formula is C28H22FIN4O5. The minimum absolute atomic E-state index is 0.0635. The maximum atomic E-state index is 15.3. The van der Waals surface area contributed by atoms with Crippen LogP contribution >= 0.6 is 22.6 Å². The predicted octanol–water partition coefficient (Wildman–Crippen LogP) is 4.15. The Bertz CT molecular complexity index is 1910. The van der Waals surface area contributed by atoms with E-state index < -0.39 is 22.6 Å². The maximum absolute atomic E-state index is 15.3. The van der Waals surface area contributed by atoms with Crippen LogP contribution in [0.2, 0.25) is 0 Å². The van der Waals surface area contributed by atoms with Crippen LogP contribution in [0.15, 0.2) is 81.4 Å². The minimum Gasteiger partial charge on any atom is -0.497 e. The molecule has 0 fully saturated rings. The van der Waals surface area contributed by atoms with Gasteiger partial charge >= 0.3 is 5.69 Å². The van der Waals surface area contributed by atoms with E-state index in [4.69, 9.17) is 9.47 Å². The molecule has 0 atom stereocenters. The molecule has 0 aliphatic carbocycles. The third-order valence-electron chi connectivity index (χ3n) is 6.33. The van der Waals surface area contributed by atoms with E-state index in [0.717, 1.165) is 19.3 Å². The molecule has 3 aromatic heterocycles. The van der Waals surface area contributed by atoms with E-state index in [9.17, 15) is 14.4 Å². The van der Waals surface area contributed by atoms with E-state index in [-0.39, 0.29) is 29.0 Å². The highest BCUT2D eigenvalue weighted by atomic mass is 127. The number of benzene rings is 2. The summed E-state index contributed by atoms with van der Waals surface area (Å²) in [7, 11) is 2.95. The van der Waals surface area contributed by atoms with Crippen LogP contribution in [-0.4, -0.2) is 25.8 Å². The Kier molecular flexibility index (Phi) is 7.08. The molecule has 0 spiro atoms. The smallest absolute Gasteiger partial charge is 0.337 e. The first-order valence-corrected chi connectivity index (χ1v) is 12.8. The number of aromatic nitrogens is 4. The molecule has 0 saturated heterocycles. The summed E-state index contributed by atoms with van der Waals surface area (Å²) in [6.45, 7) is 1.68. The normalized spacial score (nSPS) is 11.1. The number of hydrogen-bond acceptors (Lipinski definition) is 6. The fourth-order valence-electron chi connectivity index (χ4n) is 4.25. The average molecular weight is 640 g/mol. The van der Waals surface area contributed by atoms with Gasteiger partial charge in [0.15, 0.2) is 0 Å². The molecule has 0 unspecified atom stereocenters. The SMILES string of the molecule is COc1ccc(Cn2c(=O)c3c(Oc4cnccc4C)cc(=O)n(C)c3n(-c3ccc(I)cc3F)c2=O)cc1. The van der Waals surface area contributed by atoms with Crippen molar-refractivity contribution in [2.75, 3.05) is 7.11 Å². The third-order valence-corrected chi connectivity index (χ3v) is 7.00. The Labute approximate surface area is 234 Å². The number of methoxy groups -OCH3 is 1. The number of hydrogen-bond donors (Lipinski definition) is 0. The Hall–Kier alpha value is -4.26. The molecule has 39 heavy (non-hydrogen) atoms. The number of rotatable bonds is 6. The molecule has 0 radical (unpaired) electrons. The van der Waals surface area contributed by atoms with Gasteiger partial charge in [-0.05, 0) is 77.0 Å². The summed E-state index contributed by atoms with van der Waals surface area (Å²) in [5, 5.41) is -0.0635. The first kappa shape index (κ1) is 26.4. The van der Waals surface area contributed by atoms with Crippen molar-refractivity contribution in [3.63, 3.8) is 0 Å². The van der Waals surface area contributed by atoms with Gasteiger partial charge in [-0.1, -0.05) is 12.1 Å². The molecule has 11 heteroatoms. The summed E-state index contributed by atoms with van der Waals surface area (Å²) in [5.74, 6) is 0.172. The van der Waals surface area contributed by atoms with Gasteiger partial charge in [0.1, 0.15) is 34.1 Å². The summed E-state index contributed by atoms with van der Waals surface area (Å²) in [4.78, 5) is 45.0. The van der Waals surface area contributed by atoms with Crippen molar-refractivity contribution < 1.29 is 13.9 Å². The third kappa shape index (κ3) is 4.85. The van der Waals surface area contributed by atoms with Crippen molar-refractivity contribution in [3.8, 4) is 22.9 Å². The van der Waals surface area contributed by atoms with Crippen molar-refractivity contribution in [1.29, 1.82) is 0 Å². The molecule has 5 aromatic rings. The van der Waals surface area contributed by atoms with Crippen molar-refractivity contribution in [1.82, 2.24) is 18.7 Å². The zero-order valence-corrected chi connectivity index (χ0v) is 23.3. The van der Waals surface area contributed by atoms with Gasteiger partial charge in [-0.15, -0.1) is 0 Å². The van der Waals surface area contributed by atoms with Crippen LogP contribution in [0.1, 0.15) is 11.1 Å². The van der Waals surface area contributed by atoms with Crippen LogP contribution in [0.4, 0.5) is 4.39 Å². The Morgan fingerprint density at radius 3 is 2.41 bits per heavy atom. The van der Waals surface area contributed by atoms with E-state index in [1.165, 1.54) is 38.6 Å². The molecule has 0 saturated carbocycles. The quantitative estimate of drug-likeness (QED) is 0.259. The second-order valence-electron chi connectivity index (χ2n) is 8.80. The van der Waals surface area contributed by atoms with Crippen LogP contribution in [-0.2, 0) is 13.6 Å². The minimum atomic E-state index is -0.812. The molecular weight excluding hydrogens is 618 g/mol. The highest BCUT2D eigenvalue weighted by Crippen LogP contribution is 2.29. The van der Waals surface area contributed by atoms with E-state index in [1.807, 2.05) is 22.6 Å². The van der Waals surface area contributed by atoms with Gasteiger partial charge in [0.2, 0.25) is 0 Å². The molecule has 198 valence electrons. The highest BCUT2D eigenvalue weighted by molar-refractivity contribution is 14.1. The fourth-order valence-corrected chi connectivity index (χ4v) is 4.70. The van der Waals surface area contributed by atoms with E-state index >= 15 is 4.39 Å². The molecule has 0 aliphatic heterocycles. The average Bonchev–Trinajstić information content (AvgIpc) is 2.91. The predicted molar refractivity (Wildman–Crippen MR) is 153 cm³/mol. The van der Waals surface area contributed by atoms with Gasteiger partial charge < -0.3 is 9.47 Å². The molecule has 9 nitrogen and oxygen atoms in total. The Morgan fingerprint density at radius 2 is 1.74 bits per heavy atom. The van der Waals surface area contributed by atoms with E-state index in [2.05, 4.69) is 4.98 Å². The van der Waals surface area contributed by atoms with Crippen molar-refractivity contribution >= 4 is 33.6 Å². The van der Waals surface area contributed by atoms with Crippen molar-refractivity contribution in [2.24, 2.45) is 7.05 Å². The molecule has 0 bridgehead atoms. The second-order valence-corrected chi connectivity index (χ2v) is 10.0.